The zero-order valence-electron chi connectivity index (χ0n) is 16.1. The number of guanidine groups is 1. The van der Waals surface area contributed by atoms with Crippen molar-refractivity contribution in [1.82, 2.24) is 10.6 Å². The van der Waals surface area contributed by atoms with Crippen molar-refractivity contribution in [2.45, 2.75) is 44.3 Å². The molecule has 1 saturated heterocycles. The summed E-state index contributed by atoms with van der Waals surface area (Å²) in [5.41, 5.74) is 2.68. The summed E-state index contributed by atoms with van der Waals surface area (Å²) >= 11 is 1.93. The highest BCUT2D eigenvalue weighted by molar-refractivity contribution is 8.00. The first-order valence-corrected chi connectivity index (χ1v) is 10.5. The molecule has 140 valence electrons. The number of hydrogen-bond acceptors (Lipinski definition) is 3. The van der Waals surface area contributed by atoms with Crippen LogP contribution in [0, 0.1) is 6.92 Å². The van der Waals surface area contributed by atoms with Crippen LogP contribution in [0.15, 0.2) is 29.3 Å². The predicted molar refractivity (Wildman–Crippen MR) is 110 cm³/mol. The second-order valence-electron chi connectivity index (χ2n) is 6.89. The van der Waals surface area contributed by atoms with Gasteiger partial charge in [-0.3, -0.25) is 4.99 Å². The molecule has 1 heterocycles. The minimum Gasteiger partial charge on any atom is -0.381 e. The fourth-order valence-corrected chi connectivity index (χ4v) is 3.85. The van der Waals surface area contributed by atoms with Crippen molar-refractivity contribution >= 4 is 17.7 Å². The lowest BCUT2D eigenvalue weighted by Gasteiger charge is -2.34. The minimum absolute atomic E-state index is 0.225. The Morgan fingerprint density at radius 2 is 2.08 bits per heavy atom. The Morgan fingerprint density at radius 1 is 1.32 bits per heavy atom. The third-order valence-electron chi connectivity index (χ3n) is 4.89. The smallest absolute Gasteiger partial charge is 0.191 e. The molecule has 1 aliphatic rings. The van der Waals surface area contributed by atoms with Gasteiger partial charge in [-0.05, 0) is 44.4 Å². The number of aryl methyl sites for hydroxylation is 1. The Balaban J connectivity index is 1.95. The molecule has 1 atom stereocenters. The first kappa shape index (κ1) is 20.1. The number of rotatable bonds is 7. The zero-order chi connectivity index (χ0) is 18.1. The van der Waals surface area contributed by atoms with Crippen molar-refractivity contribution < 1.29 is 4.74 Å². The van der Waals surface area contributed by atoms with Crippen LogP contribution in [0.4, 0.5) is 0 Å². The van der Waals surface area contributed by atoms with Crippen LogP contribution in [-0.4, -0.2) is 49.8 Å². The monoisotopic (exact) mass is 363 g/mol. The van der Waals surface area contributed by atoms with Gasteiger partial charge < -0.3 is 15.4 Å². The van der Waals surface area contributed by atoms with Gasteiger partial charge in [-0.1, -0.05) is 36.8 Å². The van der Waals surface area contributed by atoms with Gasteiger partial charge in [0.2, 0.25) is 0 Å². The molecule has 1 fully saturated rings. The highest BCUT2D eigenvalue weighted by atomic mass is 32.2. The molecule has 0 amide bonds. The van der Waals surface area contributed by atoms with E-state index in [4.69, 9.17) is 9.73 Å². The molecule has 1 aliphatic heterocycles. The summed E-state index contributed by atoms with van der Waals surface area (Å²) in [5, 5.41) is 6.90. The van der Waals surface area contributed by atoms with E-state index in [9.17, 15) is 0 Å². The second kappa shape index (κ2) is 10.1. The molecular formula is C20H33N3OS. The summed E-state index contributed by atoms with van der Waals surface area (Å²) in [6, 6.07) is 8.74. The van der Waals surface area contributed by atoms with Gasteiger partial charge in [-0.15, -0.1) is 0 Å². The van der Waals surface area contributed by atoms with Crippen LogP contribution >= 0.6 is 11.8 Å². The summed E-state index contributed by atoms with van der Waals surface area (Å²) in [5.74, 6) is 1.36. The summed E-state index contributed by atoms with van der Waals surface area (Å²) in [7, 11) is 0. The largest absolute Gasteiger partial charge is 0.381 e. The Morgan fingerprint density at radius 3 is 2.72 bits per heavy atom. The van der Waals surface area contributed by atoms with Crippen molar-refractivity contribution in [3.63, 3.8) is 0 Å². The zero-order valence-corrected chi connectivity index (χ0v) is 16.9. The maximum absolute atomic E-state index is 5.53. The molecule has 0 spiro atoms. The molecule has 0 aliphatic carbocycles. The maximum atomic E-state index is 5.53. The Labute approximate surface area is 157 Å². The molecule has 4 nitrogen and oxygen atoms in total. The second-order valence-corrected chi connectivity index (χ2v) is 8.17. The number of benzene rings is 1. The van der Waals surface area contributed by atoms with E-state index in [1.54, 1.807) is 0 Å². The molecule has 5 heteroatoms. The Bertz CT molecular complexity index is 556. The van der Waals surface area contributed by atoms with Crippen LogP contribution in [0.1, 0.15) is 43.7 Å². The van der Waals surface area contributed by atoms with E-state index in [-0.39, 0.29) is 4.75 Å². The van der Waals surface area contributed by atoms with E-state index in [2.05, 4.69) is 61.9 Å². The molecule has 2 rings (SSSR count). The van der Waals surface area contributed by atoms with Crippen molar-refractivity contribution in [2.75, 3.05) is 39.1 Å². The van der Waals surface area contributed by atoms with Gasteiger partial charge in [-0.2, -0.15) is 11.8 Å². The maximum Gasteiger partial charge on any atom is 0.191 e. The molecule has 0 radical (unpaired) electrons. The third kappa shape index (κ3) is 6.23. The number of hydrogen-bond donors (Lipinski definition) is 2. The van der Waals surface area contributed by atoms with Gasteiger partial charge >= 0.3 is 0 Å². The summed E-state index contributed by atoms with van der Waals surface area (Å²) in [4.78, 5) is 4.88. The van der Waals surface area contributed by atoms with Gasteiger partial charge in [0.25, 0.3) is 0 Å². The normalized spacial score (nSPS) is 18.6. The summed E-state index contributed by atoms with van der Waals surface area (Å²) in [6.07, 6.45) is 4.36. The number of nitrogens with zero attached hydrogens (tertiary/aromatic N) is 1. The molecule has 1 aromatic carbocycles. The first-order chi connectivity index (χ1) is 12.1. The average Bonchev–Trinajstić information content (AvgIpc) is 2.64. The molecule has 1 unspecified atom stereocenters. The van der Waals surface area contributed by atoms with Gasteiger partial charge in [0.15, 0.2) is 5.96 Å². The molecule has 2 N–H and O–H groups in total. The molecule has 25 heavy (non-hydrogen) atoms. The lowest BCUT2D eigenvalue weighted by Crippen LogP contribution is -2.42. The van der Waals surface area contributed by atoms with Crippen LogP contribution in [-0.2, 0) is 4.74 Å². The predicted octanol–water partition coefficient (Wildman–Crippen LogP) is 3.57. The Kier molecular flexibility index (Phi) is 8.10. The highest BCUT2D eigenvalue weighted by Gasteiger charge is 2.31. The van der Waals surface area contributed by atoms with Gasteiger partial charge in [0, 0.05) is 31.1 Å². The van der Waals surface area contributed by atoms with Crippen LogP contribution in [0.5, 0.6) is 0 Å². The molecule has 1 aromatic rings. The van der Waals surface area contributed by atoms with Crippen molar-refractivity contribution in [1.29, 1.82) is 0 Å². The lowest BCUT2D eigenvalue weighted by atomic mass is 9.99. The first-order valence-electron chi connectivity index (χ1n) is 9.30. The van der Waals surface area contributed by atoms with E-state index in [1.165, 1.54) is 11.1 Å². The Hall–Kier alpha value is -1.20. The van der Waals surface area contributed by atoms with E-state index >= 15 is 0 Å². The van der Waals surface area contributed by atoms with Crippen molar-refractivity contribution in [3.05, 3.63) is 35.4 Å². The molecule has 0 saturated carbocycles. The van der Waals surface area contributed by atoms with Crippen LogP contribution in [0.3, 0.4) is 0 Å². The van der Waals surface area contributed by atoms with Gasteiger partial charge in [0.05, 0.1) is 6.54 Å². The van der Waals surface area contributed by atoms with Crippen LogP contribution in [0.2, 0.25) is 0 Å². The van der Waals surface area contributed by atoms with E-state index in [0.717, 1.165) is 51.6 Å². The number of thioether (sulfide) groups is 1. The average molecular weight is 364 g/mol. The number of aliphatic imine (C=N–C) groups is 1. The topological polar surface area (TPSA) is 45.7 Å². The van der Waals surface area contributed by atoms with Crippen LogP contribution < -0.4 is 10.6 Å². The van der Waals surface area contributed by atoms with Crippen molar-refractivity contribution in [3.8, 4) is 0 Å². The van der Waals surface area contributed by atoms with E-state index in [1.807, 2.05) is 11.8 Å². The molecule has 0 aromatic heterocycles. The van der Waals surface area contributed by atoms with E-state index < -0.39 is 0 Å². The summed E-state index contributed by atoms with van der Waals surface area (Å²) in [6.45, 7) is 10.8. The quantitative estimate of drug-likeness (QED) is 0.574. The number of nitrogens with one attached hydrogen (secondary N) is 2. The lowest BCUT2D eigenvalue weighted by molar-refractivity contribution is 0.0794. The summed E-state index contributed by atoms with van der Waals surface area (Å²) < 4.78 is 5.75. The van der Waals surface area contributed by atoms with Gasteiger partial charge in [0.1, 0.15) is 0 Å². The standard InChI is InChI=1S/C20H33N3OS/c1-5-21-19(23-15-20(25-4)9-11-24-12-10-20)22-14-17(3)18-8-6-7-16(2)13-18/h6-8,13,17H,5,9-12,14-15H2,1-4H3,(H2,21,22,23). The van der Waals surface area contributed by atoms with Crippen LogP contribution in [0.25, 0.3) is 0 Å². The molecule has 0 bridgehead atoms. The third-order valence-corrected chi connectivity index (χ3v) is 6.30. The highest BCUT2D eigenvalue weighted by Crippen LogP contribution is 2.33. The fraction of sp³-hybridized carbons (Fsp3) is 0.650. The minimum atomic E-state index is 0.225. The van der Waals surface area contributed by atoms with Crippen molar-refractivity contribution in [2.24, 2.45) is 4.99 Å². The SMILES string of the molecule is CCNC(=NCC1(SC)CCOCC1)NCC(C)c1cccc(C)c1. The fourth-order valence-electron chi connectivity index (χ4n) is 3.08. The molecular weight excluding hydrogens is 330 g/mol. The van der Waals surface area contributed by atoms with Gasteiger partial charge in [-0.25, -0.2) is 0 Å². The number of ether oxygens (including phenoxy) is 1. The van der Waals surface area contributed by atoms with E-state index in [0.29, 0.717) is 5.92 Å².